The van der Waals surface area contributed by atoms with Crippen LogP contribution in [0.1, 0.15) is 11.3 Å². The van der Waals surface area contributed by atoms with Gasteiger partial charge in [-0.3, -0.25) is 0 Å². The van der Waals surface area contributed by atoms with Crippen molar-refractivity contribution in [1.82, 2.24) is 29.5 Å². The van der Waals surface area contributed by atoms with Crippen molar-refractivity contribution < 1.29 is 4.74 Å². The normalized spacial score (nSPS) is 11.0. The number of hydrogen-bond donors (Lipinski definition) is 0. The molecule has 0 fully saturated rings. The van der Waals surface area contributed by atoms with E-state index in [0.717, 1.165) is 28.0 Å². The van der Waals surface area contributed by atoms with Gasteiger partial charge in [-0.2, -0.15) is 0 Å². The first-order valence-electron chi connectivity index (χ1n) is 7.58. The minimum Gasteiger partial charge on any atom is -0.497 e. The molecular formula is C17H16N6O. The molecule has 0 atom stereocenters. The van der Waals surface area contributed by atoms with Gasteiger partial charge in [0.2, 0.25) is 0 Å². The molecule has 0 spiro atoms. The maximum Gasteiger partial charge on any atom is 0.143 e. The number of hydrogen-bond acceptors (Lipinski definition) is 5. The summed E-state index contributed by atoms with van der Waals surface area (Å²) in [5.74, 6) is 0.847. The van der Waals surface area contributed by atoms with Crippen molar-refractivity contribution in [1.29, 1.82) is 0 Å². The second-order valence-corrected chi connectivity index (χ2v) is 5.50. The first-order valence-corrected chi connectivity index (χ1v) is 7.58. The van der Waals surface area contributed by atoms with Gasteiger partial charge in [-0.25, -0.2) is 14.6 Å². The molecule has 0 aliphatic heterocycles. The van der Waals surface area contributed by atoms with Gasteiger partial charge < -0.3 is 9.30 Å². The van der Waals surface area contributed by atoms with Crippen LogP contribution in [-0.4, -0.2) is 36.6 Å². The molecular weight excluding hydrogens is 304 g/mol. The topological polar surface area (TPSA) is 70.7 Å². The van der Waals surface area contributed by atoms with Crippen LogP contribution in [0.4, 0.5) is 0 Å². The van der Waals surface area contributed by atoms with Crippen molar-refractivity contribution in [3.8, 4) is 5.75 Å². The Labute approximate surface area is 138 Å². The molecule has 0 bridgehead atoms. The lowest BCUT2D eigenvalue weighted by Crippen LogP contribution is -2.01. The van der Waals surface area contributed by atoms with E-state index in [-0.39, 0.29) is 0 Å². The molecule has 7 heteroatoms. The number of aromatic nitrogens is 6. The Bertz CT molecular complexity index is 957. The smallest absolute Gasteiger partial charge is 0.143 e. The van der Waals surface area contributed by atoms with E-state index in [4.69, 9.17) is 4.74 Å². The number of nitrogens with zero attached hydrogens (tertiary/aromatic N) is 6. The summed E-state index contributed by atoms with van der Waals surface area (Å²) in [5, 5.41) is 9.47. The Morgan fingerprint density at radius 3 is 2.79 bits per heavy atom. The fraction of sp³-hybridized carbons (Fsp3) is 0.176. The minimum absolute atomic E-state index is 0.628. The van der Waals surface area contributed by atoms with Crippen molar-refractivity contribution in [3.63, 3.8) is 0 Å². The average Bonchev–Trinajstić information content (AvgIpc) is 3.23. The second-order valence-electron chi connectivity index (χ2n) is 5.50. The van der Waals surface area contributed by atoms with E-state index in [1.807, 2.05) is 52.0 Å². The molecule has 0 radical (unpaired) electrons. The Balaban J connectivity index is 1.50. The van der Waals surface area contributed by atoms with E-state index in [0.29, 0.717) is 13.1 Å². The summed E-state index contributed by atoms with van der Waals surface area (Å²) in [6.45, 7) is 1.30. The molecule has 120 valence electrons. The van der Waals surface area contributed by atoms with Crippen LogP contribution in [0, 0.1) is 0 Å². The molecule has 0 N–H and O–H groups in total. The predicted molar refractivity (Wildman–Crippen MR) is 88.7 cm³/mol. The zero-order chi connectivity index (χ0) is 16.4. The van der Waals surface area contributed by atoms with Crippen molar-refractivity contribution in [2.24, 2.45) is 0 Å². The zero-order valence-electron chi connectivity index (χ0n) is 13.2. The number of benzene rings is 1. The van der Waals surface area contributed by atoms with E-state index >= 15 is 0 Å². The summed E-state index contributed by atoms with van der Waals surface area (Å²) in [4.78, 5) is 8.34. The lowest BCUT2D eigenvalue weighted by Gasteiger charge is -2.03. The largest absolute Gasteiger partial charge is 0.497 e. The number of fused-ring (bicyclic) bond motifs is 1. The van der Waals surface area contributed by atoms with E-state index < -0.39 is 0 Å². The van der Waals surface area contributed by atoms with Gasteiger partial charge >= 0.3 is 0 Å². The van der Waals surface area contributed by atoms with Crippen molar-refractivity contribution in [2.45, 2.75) is 13.1 Å². The van der Waals surface area contributed by atoms with Gasteiger partial charge in [0.1, 0.15) is 23.4 Å². The molecule has 0 unspecified atom stereocenters. The molecule has 24 heavy (non-hydrogen) atoms. The van der Waals surface area contributed by atoms with Gasteiger partial charge in [0, 0.05) is 17.8 Å². The molecule has 0 aliphatic rings. The fourth-order valence-electron chi connectivity index (χ4n) is 2.64. The Hall–Kier alpha value is -3.22. The third-order valence-corrected chi connectivity index (χ3v) is 3.85. The molecule has 3 aromatic heterocycles. The van der Waals surface area contributed by atoms with Crippen LogP contribution in [-0.2, 0) is 13.1 Å². The number of rotatable bonds is 5. The second kappa shape index (κ2) is 6.11. The summed E-state index contributed by atoms with van der Waals surface area (Å²) in [5.41, 5.74) is 2.93. The molecule has 1 aromatic carbocycles. The molecule has 4 rings (SSSR count). The number of ether oxygens (including phenoxy) is 1. The highest BCUT2D eigenvalue weighted by Gasteiger charge is 2.06. The first-order chi connectivity index (χ1) is 11.8. The molecule has 7 nitrogen and oxygen atoms in total. The lowest BCUT2D eigenvalue weighted by atomic mass is 10.2. The monoisotopic (exact) mass is 320 g/mol. The molecule has 4 aromatic rings. The van der Waals surface area contributed by atoms with Crippen LogP contribution in [0.2, 0.25) is 0 Å². The molecule has 0 amide bonds. The van der Waals surface area contributed by atoms with Gasteiger partial charge in [0.25, 0.3) is 0 Å². The van der Waals surface area contributed by atoms with Gasteiger partial charge in [-0.1, -0.05) is 17.3 Å². The summed E-state index contributed by atoms with van der Waals surface area (Å²) in [7, 11) is 1.66. The van der Waals surface area contributed by atoms with Crippen LogP contribution >= 0.6 is 0 Å². The summed E-state index contributed by atoms with van der Waals surface area (Å²) in [6, 6.07) is 9.93. The molecule has 0 saturated heterocycles. The minimum atomic E-state index is 0.628. The quantitative estimate of drug-likeness (QED) is 0.563. The average molecular weight is 320 g/mol. The highest BCUT2D eigenvalue weighted by molar-refractivity contribution is 5.74. The van der Waals surface area contributed by atoms with Crippen molar-refractivity contribution >= 4 is 11.0 Å². The third-order valence-electron chi connectivity index (χ3n) is 3.85. The Morgan fingerprint density at radius 1 is 1.08 bits per heavy atom. The maximum atomic E-state index is 5.17. The third kappa shape index (κ3) is 2.83. The predicted octanol–water partition coefficient (Wildman–Crippen LogP) is 2.13. The molecule has 0 saturated carbocycles. The van der Waals surface area contributed by atoms with Crippen molar-refractivity contribution in [2.75, 3.05) is 7.11 Å². The maximum absolute atomic E-state index is 5.17. The highest BCUT2D eigenvalue weighted by Crippen LogP contribution is 2.14. The zero-order valence-corrected chi connectivity index (χ0v) is 13.2. The van der Waals surface area contributed by atoms with Crippen LogP contribution in [0.25, 0.3) is 11.0 Å². The van der Waals surface area contributed by atoms with Crippen molar-refractivity contribution in [3.05, 3.63) is 66.5 Å². The fourth-order valence-corrected chi connectivity index (χ4v) is 2.64. The Kier molecular flexibility index (Phi) is 3.66. The standard InChI is InChI=1S/C17H16N6O/c1-24-16-4-2-13(3-5-16)9-23-11-15(20-21-23)10-22-7-6-14-8-18-12-19-17(14)22/h2-8,11-12H,9-10H2,1H3. The van der Waals surface area contributed by atoms with Crippen LogP contribution in [0.5, 0.6) is 5.75 Å². The van der Waals surface area contributed by atoms with E-state index in [1.165, 1.54) is 0 Å². The lowest BCUT2D eigenvalue weighted by molar-refractivity contribution is 0.414. The molecule has 3 heterocycles. The summed E-state index contributed by atoms with van der Waals surface area (Å²) in [6.07, 6.45) is 7.30. The first kappa shape index (κ1) is 14.4. The van der Waals surface area contributed by atoms with Gasteiger partial charge in [0.05, 0.1) is 26.4 Å². The summed E-state index contributed by atoms with van der Waals surface area (Å²) >= 11 is 0. The van der Waals surface area contributed by atoms with Crippen LogP contribution in [0.15, 0.2) is 55.2 Å². The van der Waals surface area contributed by atoms with E-state index in [1.54, 1.807) is 19.6 Å². The van der Waals surface area contributed by atoms with E-state index in [9.17, 15) is 0 Å². The SMILES string of the molecule is COc1ccc(Cn2cc(Cn3ccc4cncnc43)nn2)cc1. The van der Waals surface area contributed by atoms with Gasteiger partial charge in [-0.05, 0) is 23.8 Å². The van der Waals surface area contributed by atoms with Crippen LogP contribution < -0.4 is 4.74 Å². The van der Waals surface area contributed by atoms with E-state index in [2.05, 4.69) is 20.3 Å². The molecule has 0 aliphatic carbocycles. The Morgan fingerprint density at radius 2 is 1.96 bits per heavy atom. The van der Waals surface area contributed by atoms with Gasteiger partial charge in [0.15, 0.2) is 0 Å². The number of methoxy groups -OCH3 is 1. The van der Waals surface area contributed by atoms with Crippen LogP contribution in [0.3, 0.4) is 0 Å². The van der Waals surface area contributed by atoms with Gasteiger partial charge in [-0.15, -0.1) is 5.10 Å². The highest BCUT2D eigenvalue weighted by atomic mass is 16.5. The summed E-state index contributed by atoms with van der Waals surface area (Å²) < 4.78 is 9.04.